The van der Waals surface area contributed by atoms with Crippen LogP contribution in [-0.2, 0) is 4.79 Å². The topological polar surface area (TPSA) is 72.7 Å². The number of halogens is 1. The zero-order chi connectivity index (χ0) is 19.7. The molecule has 0 spiro atoms. The van der Waals surface area contributed by atoms with Crippen molar-refractivity contribution in [3.05, 3.63) is 59.1 Å². The molecule has 1 fully saturated rings. The second-order valence-electron chi connectivity index (χ2n) is 7.52. The molecule has 28 heavy (non-hydrogen) atoms. The molecule has 1 aliphatic carbocycles. The first-order valence-corrected chi connectivity index (χ1v) is 9.85. The van der Waals surface area contributed by atoms with E-state index < -0.39 is 0 Å². The highest BCUT2D eigenvalue weighted by Gasteiger charge is 2.28. The molecule has 1 unspecified atom stereocenters. The number of carbonyl (C=O) groups excluding carboxylic acids is 1. The van der Waals surface area contributed by atoms with Crippen LogP contribution in [0.5, 0.6) is 0 Å². The van der Waals surface area contributed by atoms with Crippen LogP contribution < -0.4 is 5.32 Å². The van der Waals surface area contributed by atoms with Gasteiger partial charge in [0.25, 0.3) is 0 Å². The van der Waals surface area contributed by atoms with Gasteiger partial charge in [-0.1, -0.05) is 37.6 Å². The van der Waals surface area contributed by atoms with Crippen molar-refractivity contribution in [3.63, 3.8) is 0 Å². The summed E-state index contributed by atoms with van der Waals surface area (Å²) in [6, 6.07) is 15.5. The summed E-state index contributed by atoms with van der Waals surface area (Å²) in [6.45, 7) is 4.08. The summed E-state index contributed by atoms with van der Waals surface area (Å²) < 4.78 is 1.88. The van der Waals surface area contributed by atoms with Crippen LogP contribution >= 0.6 is 11.6 Å². The number of aromatic nitrogens is 4. The molecule has 3 aromatic rings. The van der Waals surface area contributed by atoms with Gasteiger partial charge in [0.2, 0.25) is 5.91 Å². The molecule has 7 heteroatoms. The van der Waals surface area contributed by atoms with Gasteiger partial charge in [-0.05, 0) is 71.1 Å². The van der Waals surface area contributed by atoms with Gasteiger partial charge in [-0.2, -0.15) is 0 Å². The molecule has 1 saturated carbocycles. The van der Waals surface area contributed by atoms with Crippen molar-refractivity contribution in [2.24, 2.45) is 5.92 Å². The van der Waals surface area contributed by atoms with Crippen molar-refractivity contribution in [1.29, 1.82) is 0 Å². The third kappa shape index (κ3) is 3.92. The lowest BCUT2D eigenvalue weighted by molar-refractivity contribution is -0.118. The number of carbonyl (C=O) groups is 1. The van der Waals surface area contributed by atoms with Gasteiger partial charge in [0.15, 0.2) is 5.82 Å². The number of benzene rings is 2. The number of tetrazole rings is 1. The molecule has 0 saturated heterocycles. The number of hydrogen-bond donors (Lipinski definition) is 1. The molecule has 0 aliphatic heterocycles. The monoisotopic (exact) mass is 395 g/mol. The van der Waals surface area contributed by atoms with Crippen LogP contribution in [0.3, 0.4) is 0 Å². The zero-order valence-corrected chi connectivity index (χ0v) is 16.6. The van der Waals surface area contributed by atoms with E-state index in [0.717, 1.165) is 35.5 Å². The molecule has 1 heterocycles. The number of rotatable bonds is 6. The van der Waals surface area contributed by atoms with E-state index in [-0.39, 0.29) is 17.7 Å². The maximum atomic E-state index is 12.9. The maximum absolute atomic E-state index is 12.9. The Balaban J connectivity index is 1.50. The van der Waals surface area contributed by atoms with Crippen molar-refractivity contribution in [3.8, 4) is 11.4 Å². The molecule has 6 nitrogen and oxygen atoms in total. The van der Waals surface area contributed by atoms with E-state index in [4.69, 9.17) is 11.6 Å². The Hall–Kier alpha value is -2.73. The lowest BCUT2D eigenvalue weighted by atomic mass is 9.87. The summed E-state index contributed by atoms with van der Waals surface area (Å²) in [4.78, 5) is 12.9. The average molecular weight is 396 g/mol. The summed E-state index contributed by atoms with van der Waals surface area (Å²) in [5, 5.41) is 15.7. The van der Waals surface area contributed by atoms with E-state index in [1.165, 1.54) is 0 Å². The molecule has 0 bridgehead atoms. The molecule has 1 aromatic heterocycles. The summed E-state index contributed by atoms with van der Waals surface area (Å²) in [7, 11) is 0. The molecular weight excluding hydrogens is 374 g/mol. The van der Waals surface area contributed by atoms with Crippen LogP contribution in [0, 0.1) is 5.92 Å². The SMILES string of the molecule is CC(C)C(C(=O)Nc1ccc(-c2nnnn2C2CC2)cc1)c1ccc(Cl)cc1. The fourth-order valence-corrected chi connectivity index (χ4v) is 3.51. The number of nitrogens with one attached hydrogen (secondary N) is 1. The van der Waals surface area contributed by atoms with Crippen molar-refractivity contribution < 1.29 is 4.79 Å². The lowest BCUT2D eigenvalue weighted by Gasteiger charge is -2.21. The predicted molar refractivity (Wildman–Crippen MR) is 109 cm³/mol. The van der Waals surface area contributed by atoms with Gasteiger partial charge >= 0.3 is 0 Å². The third-order valence-electron chi connectivity index (χ3n) is 4.97. The van der Waals surface area contributed by atoms with Crippen molar-refractivity contribution in [2.75, 3.05) is 5.32 Å². The van der Waals surface area contributed by atoms with Gasteiger partial charge in [0.05, 0.1) is 12.0 Å². The Labute approximate surface area is 168 Å². The highest BCUT2D eigenvalue weighted by Crippen LogP contribution is 2.36. The fraction of sp³-hybridized carbons (Fsp3) is 0.333. The molecule has 0 radical (unpaired) electrons. The highest BCUT2D eigenvalue weighted by molar-refractivity contribution is 6.30. The molecule has 4 rings (SSSR count). The third-order valence-corrected chi connectivity index (χ3v) is 5.23. The maximum Gasteiger partial charge on any atom is 0.232 e. The molecule has 144 valence electrons. The Morgan fingerprint density at radius 1 is 1.11 bits per heavy atom. The van der Waals surface area contributed by atoms with Crippen LogP contribution in [-0.4, -0.2) is 26.1 Å². The summed E-state index contributed by atoms with van der Waals surface area (Å²) in [6.07, 6.45) is 2.24. The second kappa shape index (κ2) is 7.72. The van der Waals surface area contributed by atoms with E-state index in [9.17, 15) is 4.79 Å². The Bertz CT molecular complexity index is 961. The standard InChI is InChI=1S/C21H22ClN5O/c1-13(2)19(14-3-7-16(22)8-4-14)21(28)23-17-9-5-15(6-10-17)20-24-25-26-27(20)18-11-12-18/h3-10,13,18-19H,11-12H2,1-2H3,(H,23,28). The molecule has 2 aromatic carbocycles. The first-order valence-electron chi connectivity index (χ1n) is 9.47. The van der Waals surface area contributed by atoms with Gasteiger partial charge < -0.3 is 5.32 Å². The molecule has 1 N–H and O–H groups in total. The Morgan fingerprint density at radius 2 is 1.79 bits per heavy atom. The van der Waals surface area contributed by atoms with Crippen molar-refractivity contribution >= 4 is 23.2 Å². The van der Waals surface area contributed by atoms with Gasteiger partial charge in [-0.15, -0.1) is 5.10 Å². The molecule has 1 atom stereocenters. The molecule has 1 amide bonds. The van der Waals surface area contributed by atoms with Crippen LogP contribution in [0.1, 0.15) is 44.2 Å². The van der Waals surface area contributed by atoms with Gasteiger partial charge in [-0.3, -0.25) is 4.79 Å². The number of anilines is 1. The quantitative estimate of drug-likeness (QED) is 0.656. The first kappa shape index (κ1) is 18.6. The minimum Gasteiger partial charge on any atom is -0.326 e. The lowest BCUT2D eigenvalue weighted by Crippen LogP contribution is -2.25. The minimum atomic E-state index is -0.251. The van der Waals surface area contributed by atoms with E-state index in [2.05, 4.69) is 20.8 Å². The second-order valence-corrected chi connectivity index (χ2v) is 7.95. The van der Waals surface area contributed by atoms with E-state index in [1.54, 1.807) is 0 Å². The van der Waals surface area contributed by atoms with E-state index >= 15 is 0 Å². The number of hydrogen-bond acceptors (Lipinski definition) is 4. The zero-order valence-electron chi connectivity index (χ0n) is 15.8. The summed E-state index contributed by atoms with van der Waals surface area (Å²) in [5.41, 5.74) is 2.64. The van der Waals surface area contributed by atoms with Gasteiger partial charge in [0.1, 0.15) is 0 Å². The summed E-state index contributed by atoms with van der Waals surface area (Å²) in [5.74, 6) is 0.636. The predicted octanol–water partition coefficient (Wildman–Crippen LogP) is 4.71. The van der Waals surface area contributed by atoms with Crippen molar-refractivity contribution in [2.45, 2.75) is 38.6 Å². The number of nitrogens with zero attached hydrogens (tertiary/aromatic N) is 4. The van der Waals surface area contributed by atoms with E-state index in [0.29, 0.717) is 11.1 Å². The largest absolute Gasteiger partial charge is 0.326 e. The summed E-state index contributed by atoms with van der Waals surface area (Å²) >= 11 is 5.98. The van der Waals surface area contributed by atoms with Gasteiger partial charge in [-0.25, -0.2) is 4.68 Å². The van der Waals surface area contributed by atoms with Gasteiger partial charge in [0, 0.05) is 16.3 Å². The van der Waals surface area contributed by atoms with Crippen LogP contribution in [0.15, 0.2) is 48.5 Å². The Morgan fingerprint density at radius 3 is 2.39 bits per heavy atom. The average Bonchev–Trinajstić information content (AvgIpc) is 3.40. The first-order chi connectivity index (χ1) is 13.5. The highest BCUT2D eigenvalue weighted by atomic mass is 35.5. The fourth-order valence-electron chi connectivity index (χ4n) is 3.38. The smallest absolute Gasteiger partial charge is 0.232 e. The number of amides is 1. The van der Waals surface area contributed by atoms with Crippen molar-refractivity contribution in [1.82, 2.24) is 20.2 Å². The molecular formula is C21H22ClN5O. The molecule has 1 aliphatic rings. The van der Waals surface area contributed by atoms with Crippen LogP contribution in [0.4, 0.5) is 5.69 Å². The minimum absolute atomic E-state index is 0.0344. The van der Waals surface area contributed by atoms with E-state index in [1.807, 2.05) is 67.1 Å². The Kier molecular flexibility index (Phi) is 5.13. The van der Waals surface area contributed by atoms with Crippen LogP contribution in [0.2, 0.25) is 5.02 Å². The normalized spacial score (nSPS) is 14.9. The van der Waals surface area contributed by atoms with Crippen LogP contribution in [0.25, 0.3) is 11.4 Å².